The van der Waals surface area contributed by atoms with E-state index in [4.69, 9.17) is 14.4 Å². The van der Waals surface area contributed by atoms with Gasteiger partial charge in [-0.15, -0.1) is 0 Å². The van der Waals surface area contributed by atoms with E-state index in [-0.39, 0.29) is 29.8 Å². The summed E-state index contributed by atoms with van der Waals surface area (Å²) in [4.78, 5) is 11.0. The first-order chi connectivity index (χ1) is 9.45. The monoisotopic (exact) mass is 295 g/mol. The fraction of sp³-hybridized carbons (Fsp3) is 0.800. The van der Waals surface area contributed by atoms with Crippen LogP contribution in [0.25, 0.3) is 0 Å². The minimum absolute atomic E-state index is 0.106. The average molecular weight is 295 g/mol. The Morgan fingerprint density at radius 1 is 1.24 bits per heavy atom. The van der Waals surface area contributed by atoms with Gasteiger partial charge in [-0.1, -0.05) is 19.9 Å². The van der Waals surface area contributed by atoms with Crippen molar-refractivity contribution in [3.05, 3.63) is 11.5 Å². The second-order valence-electron chi connectivity index (χ2n) is 7.75. The van der Waals surface area contributed by atoms with Gasteiger partial charge in [0, 0.05) is 0 Å². The molecule has 0 aromatic rings. The molecule has 2 N–H and O–H groups in total. The lowest BCUT2D eigenvalue weighted by Gasteiger charge is -2.37. The van der Waals surface area contributed by atoms with Crippen molar-refractivity contribution in [3.8, 4) is 0 Å². The van der Waals surface area contributed by atoms with Gasteiger partial charge in [0.1, 0.15) is 0 Å². The Morgan fingerprint density at radius 2 is 1.76 bits per heavy atom. The largest absolute Gasteiger partial charge is 0.490 e. The molecule has 1 heterocycles. The van der Waals surface area contributed by atoms with E-state index in [2.05, 4.69) is 19.2 Å². The SMILES string of the molecule is CC1(C)CCC(B2OC(C)(C)C(C)(C)O2)=CC1NC(=O)O. The number of hydrogen-bond donors (Lipinski definition) is 2. The first kappa shape index (κ1) is 16.4. The van der Waals surface area contributed by atoms with Crippen molar-refractivity contribution in [2.45, 2.75) is 71.6 Å². The predicted molar refractivity (Wildman–Crippen MR) is 82.1 cm³/mol. The van der Waals surface area contributed by atoms with Crippen LogP contribution in [0.2, 0.25) is 0 Å². The van der Waals surface area contributed by atoms with E-state index in [1.54, 1.807) is 0 Å². The van der Waals surface area contributed by atoms with E-state index in [9.17, 15) is 4.79 Å². The van der Waals surface area contributed by atoms with Crippen LogP contribution in [0.4, 0.5) is 4.79 Å². The van der Waals surface area contributed by atoms with E-state index in [1.165, 1.54) is 0 Å². The van der Waals surface area contributed by atoms with Crippen molar-refractivity contribution in [3.63, 3.8) is 0 Å². The van der Waals surface area contributed by atoms with E-state index >= 15 is 0 Å². The Hall–Kier alpha value is -1.01. The molecule has 1 atom stereocenters. The van der Waals surface area contributed by atoms with Crippen molar-refractivity contribution >= 4 is 13.2 Å². The molecule has 6 heteroatoms. The first-order valence-corrected chi connectivity index (χ1v) is 7.50. The lowest BCUT2D eigenvalue weighted by atomic mass is 9.65. The van der Waals surface area contributed by atoms with Crippen LogP contribution in [0.1, 0.15) is 54.4 Å². The third kappa shape index (κ3) is 3.11. The molecule has 0 aromatic carbocycles. The number of carbonyl (C=O) groups is 1. The maximum absolute atomic E-state index is 11.0. The molecule has 1 aliphatic heterocycles. The summed E-state index contributed by atoms with van der Waals surface area (Å²) in [5, 5.41) is 11.6. The molecule has 0 aromatic heterocycles. The molecular weight excluding hydrogens is 269 g/mol. The first-order valence-electron chi connectivity index (χ1n) is 7.50. The molecular formula is C15H26BNO4. The van der Waals surface area contributed by atoms with Crippen LogP contribution in [0.3, 0.4) is 0 Å². The Morgan fingerprint density at radius 3 is 2.24 bits per heavy atom. The maximum Gasteiger partial charge on any atom is 0.490 e. The van der Waals surface area contributed by atoms with Crippen molar-refractivity contribution in [1.29, 1.82) is 0 Å². The number of rotatable bonds is 2. The second kappa shape index (κ2) is 5.02. The zero-order valence-corrected chi connectivity index (χ0v) is 13.8. The topological polar surface area (TPSA) is 67.8 Å². The van der Waals surface area contributed by atoms with Crippen LogP contribution < -0.4 is 5.32 Å². The minimum Gasteiger partial charge on any atom is -0.465 e. The zero-order valence-electron chi connectivity index (χ0n) is 13.8. The van der Waals surface area contributed by atoms with Gasteiger partial charge in [-0.25, -0.2) is 4.79 Å². The van der Waals surface area contributed by atoms with Gasteiger partial charge in [0.25, 0.3) is 0 Å². The van der Waals surface area contributed by atoms with Crippen LogP contribution in [0, 0.1) is 5.41 Å². The standard InChI is InChI=1S/C15H26BNO4/c1-13(2)8-7-10(9-11(13)17-12(18)19)16-20-14(3,4)15(5,6)21-16/h9,11,17H,7-8H2,1-6H3,(H,18,19). The molecule has 2 aliphatic rings. The van der Waals surface area contributed by atoms with Crippen LogP contribution in [-0.2, 0) is 9.31 Å². The van der Waals surface area contributed by atoms with Crippen LogP contribution in [0.5, 0.6) is 0 Å². The molecule has 0 bridgehead atoms. The summed E-state index contributed by atoms with van der Waals surface area (Å²) in [5.41, 5.74) is 0.181. The number of hydrogen-bond acceptors (Lipinski definition) is 3. The fourth-order valence-corrected chi connectivity index (χ4v) is 2.71. The lowest BCUT2D eigenvalue weighted by Crippen LogP contribution is -2.46. The Labute approximate surface area is 127 Å². The van der Waals surface area contributed by atoms with Gasteiger partial charge < -0.3 is 19.7 Å². The van der Waals surface area contributed by atoms with Crippen molar-refractivity contribution in [2.75, 3.05) is 0 Å². The van der Waals surface area contributed by atoms with Crippen LogP contribution in [0.15, 0.2) is 11.5 Å². The van der Waals surface area contributed by atoms with Crippen LogP contribution in [-0.4, -0.2) is 35.6 Å². The molecule has 1 fully saturated rings. The Kier molecular flexibility index (Phi) is 3.91. The lowest BCUT2D eigenvalue weighted by molar-refractivity contribution is 0.00578. The average Bonchev–Trinajstić information content (AvgIpc) is 2.50. The summed E-state index contributed by atoms with van der Waals surface area (Å²) in [7, 11) is -0.385. The third-order valence-electron chi connectivity index (χ3n) is 5.12. The van der Waals surface area contributed by atoms with E-state index in [0.29, 0.717) is 0 Å². The molecule has 2 rings (SSSR count). The third-order valence-corrected chi connectivity index (χ3v) is 5.12. The molecule has 21 heavy (non-hydrogen) atoms. The van der Waals surface area contributed by atoms with Crippen molar-refractivity contribution in [1.82, 2.24) is 5.32 Å². The molecule has 5 nitrogen and oxygen atoms in total. The summed E-state index contributed by atoms with van der Waals surface area (Å²) in [5.74, 6) is 0. The molecule has 1 aliphatic carbocycles. The quantitative estimate of drug-likeness (QED) is 0.768. The van der Waals surface area contributed by atoms with E-state index in [1.807, 2.05) is 33.8 Å². The maximum atomic E-state index is 11.0. The van der Waals surface area contributed by atoms with Gasteiger partial charge >= 0.3 is 13.2 Å². The predicted octanol–water partition coefficient (Wildman–Crippen LogP) is 3.00. The van der Waals surface area contributed by atoms with E-state index in [0.717, 1.165) is 18.3 Å². The number of carboxylic acid groups (broad SMARTS) is 1. The molecule has 1 unspecified atom stereocenters. The highest BCUT2D eigenvalue weighted by atomic mass is 16.7. The zero-order chi connectivity index (χ0) is 16.1. The summed E-state index contributed by atoms with van der Waals surface area (Å²) in [6, 6.07) is -0.224. The summed E-state index contributed by atoms with van der Waals surface area (Å²) in [6.07, 6.45) is 2.73. The summed E-state index contributed by atoms with van der Waals surface area (Å²) >= 11 is 0. The Balaban J connectivity index is 2.21. The molecule has 0 spiro atoms. The Bertz CT molecular complexity index is 454. The number of allylic oxidation sites excluding steroid dienone is 1. The molecule has 0 radical (unpaired) electrons. The number of nitrogens with one attached hydrogen (secondary N) is 1. The summed E-state index contributed by atoms with van der Waals surface area (Å²) < 4.78 is 12.1. The normalized spacial score (nSPS) is 29.9. The van der Waals surface area contributed by atoms with Gasteiger partial charge in [-0.05, 0) is 51.4 Å². The van der Waals surface area contributed by atoms with E-state index < -0.39 is 6.09 Å². The van der Waals surface area contributed by atoms with Gasteiger partial charge in [0.15, 0.2) is 0 Å². The van der Waals surface area contributed by atoms with Gasteiger partial charge in [0.2, 0.25) is 0 Å². The fourth-order valence-electron chi connectivity index (χ4n) is 2.71. The number of amides is 1. The second-order valence-corrected chi connectivity index (χ2v) is 7.75. The summed E-state index contributed by atoms with van der Waals surface area (Å²) in [6.45, 7) is 12.2. The van der Waals surface area contributed by atoms with Crippen molar-refractivity contribution < 1.29 is 19.2 Å². The highest BCUT2D eigenvalue weighted by molar-refractivity contribution is 6.54. The van der Waals surface area contributed by atoms with Crippen LogP contribution >= 0.6 is 0 Å². The van der Waals surface area contributed by atoms with Gasteiger partial charge in [-0.3, -0.25) is 0 Å². The smallest absolute Gasteiger partial charge is 0.465 e. The molecule has 118 valence electrons. The van der Waals surface area contributed by atoms with Gasteiger partial charge in [-0.2, -0.15) is 0 Å². The highest BCUT2D eigenvalue weighted by Crippen LogP contribution is 2.42. The highest BCUT2D eigenvalue weighted by Gasteiger charge is 2.53. The molecule has 0 saturated carbocycles. The molecule has 1 amide bonds. The molecule has 1 saturated heterocycles. The van der Waals surface area contributed by atoms with Gasteiger partial charge in [0.05, 0.1) is 17.2 Å². The minimum atomic E-state index is -1.00. The van der Waals surface area contributed by atoms with Crippen molar-refractivity contribution in [2.24, 2.45) is 5.41 Å².